The van der Waals surface area contributed by atoms with Crippen LogP contribution in [0.4, 0.5) is 4.79 Å². The number of amides is 1. The van der Waals surface area contributed by atoms with Gasteiger partial charge in [-0.3, -0.25) is 4.79 Å². The van der Waals surface area contributed by atoms with Gasteiger partial charge in [0.05, 0.1) is 12.5 Å². The molecule has 1 aromatic rings. The Morgan fingerprint density at radius 3 is 2.46 bits per heavy atom. The molecule has 0 saturated heterocycles. The molecule has 2 atom stereocenters. The SMILES string of the molecule is CCN(C[C@H]1C[C@]1(/C=C/c1ccccc1)C(=O)OC)C(=O)OC(C)(C)C. The van der Waals surface area contributed by atoms with Gasteiger partial charge in [-0.15, -0.1) is 0 Å². The van der Waals surface area contributed by atoms with Crippen LogP contribution in [0, 0.1) is 11.3 Å². The molecule has 0 N–H and O–H groups in total. The Labute approximate surface area is 156 Å². The Morgan fingerprint density at radius 2 is 1.92 bits per heavy atom. The molecule has 5 heteroatoms. The van der Waals surface area contributed by atoms with Crippen LogP contribution in [0.25, 0.3) is 6.08 Å². The summed E-state index contributed by atoms with van der Waals surface area (Å²) in [5, 5.41) is 0. The van der Waals surface area contributed by atoms with Crippen molar-refractivity contribution >= 4 is 18.1 Å². The van der Waals surface area contributed by atoms with E-state index >= 15 is 0 Å². The first-order valence-corrected chi connectivity index (χ1v) is 9.02. The molecule has 142 valence electrons. The van der Waals surface area contributed by atoms with Crippen molar-refractivity contribution in [1.29, 1.82) is 0 Å². The molecular formula is C21H29NO4. The lowest BCUT2D eigenvalue weighted by atomic mass is 10.0. The second-order valence-electron chi connectivity index (χ2n) is 7.70. The number of rotatable bonds is 6. The first-order chi connectivity index (χ1) is 12.2. The lowest BCUT2D eigenvalue weighted by Crippen LogP contribution is -2.38. The van der Waals surface area contributed by atoms with E-state index < -0.39 is 11.0 Å². The monoisotopic (exact) mass is 359 g/mol. The summed E-state index contributed by atoms with van der Waals surface area (Å²) in [5.41, 5.74) is -0.179. The van der Waals surface area contributed by atoms with Crippen LogP contribution in [0.5, 0.6) is 0 Å². The Balaban J connectivity index is 2.10. The Morgan fingerprint density at radius 1 is 1.27 bits per heavy atom. The van der Waals surface area contributed by atoms with Gasteiger partial charge >= 0.3 is 12.1 Å². The van der Waals surface area contributed by atoms with E-state index in [9.17, 15) is 9.59 Å². The van der Waals surface area contributed by atoms with E-state index in [4.69, 9.17) is 9.47 Å². The standard InChI is InChI=1S/C21H29NO4/c1-6-22(19(24)26-20(2,3)4)15-17-14-21(17,18(23)25-5)13-12-16-10-8-7-9-11-16/h7-13,17H,6,14-15H2,1-5H3/b13-12+/t17-,21+/m1/s1. The predicted octanol–water partition coefficient (Wildman–Crippen LogP) is 4.14. The second-order valence-corrected chi connectivity index (χ2v) is 7.70. The number of hydrogen-bond acceptors (Lipinski definition) is 4. The summed E-state index contributed by atoms with van der Waals surface area (Å²) < 4.78 is 10.5. The molecule has 26 heavy (non-hydrogen) atoms. The fraction of sp³-hybridized carbons (Fsp3) is 0.524. The lowest BCUT2D eigenvalue weighted by Gasteiger charge is -2.27. The van der Waals surface area contributed by atoms with Crippen LogP contribution in [0.2, 0.25) is 0 Å². The van der Waals surface area contributed by atoms with Gasteiger partial charge in [0.1, 0.15) is 5.60 Å². The van der Waals surface area contributed by atoms with Gasteiger partial charge in [0, 0.05) is 13.1 Å². The van der Waals surface area contributed by atoms with E-state index in [1.54, 1.807) is 4.90 Å². The molecule has 1 aromatic carbocycles. The molecule has 1 saturated carbocycles. The average molecular weight is 359 g/mol. The van der Waals surface area contributed by atoms with Crippen molar-refractivity contribution in [2.75, 3.05) is 20.2 Å². The summed E-state index contributed by atoms with van der Waals surface area (Å²) in [7, 11) is 1.40. The first-order valence-electron chi connectivity index (χ1n) is 9.02. The van der Waals surface area contributed by atoms with Crippen molar-refractivity contribution in [3.8, 4) is 0 Å². The third-order valence-corrected chi connectivity index (χ3v) is 4.56. The average Bonchev–Trinajstić information content (AvgIpc) is 3.30. The van der Waals surface area contributed by atoms with Crippen LogP contribution in [-0.4, -0.2) is 42.8 Å². The molecule has 0 unspecified atom stereocenters. The molecule has 1 amide bonds. The Bertz CT molecular complexity index is 662. The minimum Gasteiger partial charge on any atom is -0.468 e. The fourth-order valence-electron chi connectivity index (χ4n) is 3.02. The minimum atomic E-state index is -0.667. The number of methoxy groups -OCH3 is 1. The molecule has 2 rings (SSSR count). The van der Waals surface area contributed by atoms with Crippen LogP contribution in [0.1, 0.15) is 39.7 Å². The van der Waals surface area contributed by atoms with Crippen molar-refractivity contribution in [2.45, 2.75) is 39.7 Å². The summed E-state index contributed by atoms with van der Waals surface area (Å²) >= 11 is 0. The number of benzene rings is 1. The van der Waals surface area contributed by atoms with Crippen LogP contribution in [0.15, 0.2) is 36.4 Å². The first kappa shape index (κ1) is 20.0. The summed E-state index contributed by atoms with van der Waals surface area (Å²) in [6, 6.07) is 9.83. The molecule has 0 aromatic heterocycles. The molecule has 0 heterocycles. The maximum atomic E-state index is 12.4. The molecule has 0 radical (unpaired) electrons. The molecule has 1 aliphatic rings. The summed E-state index contributed by atoms with van der Waals surface area (Å²) in [6.45, 7) is 8.45. The molecule has 0 bridgehead atoms. The third-order valence-electron chi connectivity index (χ3n) is 4.56. The quantitative estimate of drug-likeness (QED) is 0.717. The zero-order chi connectivity index (χ0) is 19.4. The van der Waals surface area contributed by atoms with E-state index in [0.717, 1.165) is 5.56 Å². The number of hydrogen-bond donors (Lipinski definition) is 0. The second kappa shape index (κ2) is 7.94. The van der Waals surface area contributed by atoms with Crippen molar-refractivity contribution in [1.82, 2.24) is 4.90 Å². The van der Waals surface area contributed by atoms with E-state index in [2.05, 4.69) is 0 Å². The van der Waals surface area contributed by atoms with Gasteiger partial charge in [-0.2, -0.15) is 0 Å². The minimum absolute atomic E-state index is 0.0300. The van der Waals surface area contributed by atoms with Crippen molar-refractivity contribution in [3.63, 3.8) is 0 Å². The van der Waals surface area contributed by atoms with Gasteiger partial charge in [-0.25, -0.2) is 4.79 Å². The summed E-state index contributed by atoms with van der Waals surface area (Å²) in [5.74, 6) is -0.225. The van der Waals surface area contributed by atoms with Crippen LogP contribution >= 0.6 is 0 Å². The fourth-order valence-corrected chi connectivity index (χ4v) is 3.02. The van der Waals surface area contributed by atoms with Crippen molar-refractivity contribution in [2.24, 2.45) is 11.3 Å². The smallest absolute Gasteiger partial charge is 0.410 e. The highest BCUT2D eigenvalue weighted by Gasteiger charge is 2.59. The number of carbonyl (C=O) groups excluding carboxylic acids is 2. The van der Waals surface area contributed by atoms with Gasteiger partial charge in [0.2, 0.25) is 0 Å². The molecule has 0 aliphatic heterocycles. The zero-order valence-corrected chi connectivity index (χ0v) is 16.3. The van der Waals surface area contributed by atoms with Crippen molar-refractivity contribution < 1.29 is 19.1 Å². The highest BCUT2D eigenvalue weighted by Crippen LogP contribution is 2.55. The van der Waals surface area contributed by atoms with E-state index in [1.165, 1.54) is 7.11 Å². The normalized spacial score (nSPS) is 22.1. The van der Waals surface area contributed by atoms with Crippen molar-refractivity contribution in [3.05, 3.63) is 42.0 Å². The lowest BCUT2D eigenvalue weighted by molar-refractivity contribution is -0.145. The third kappa shape index (κ3) is 4.87. The number of esters is 1. The highest BCUT2D eigenvalue weighted by atomic mass is 16.6. The molecule has 5 nitrogen and oxygen atoms in total. The topological polar surface area (TPSA) is 55.8 Å². The van der Waals surface area contributed by atoms with Crippen LogP contribution in [0.3, 0.4) is 0 Å². The Hall–Kier alpha value is -2.30. The van der Waals surface area contributed by atoms with Gasteiger partial charge < -0.3 is 14.4 Å². The molecule has 0 spiro atoms. The number of nitrogens with zero attached hydrogens (tertiary/aromatic N) is 1. The summed E-state index contributed by atoms with van der Waals surface area (Å²) in [4.78, 5) is 26.4. The van der Waals surface area contributed by atoms with Gasteiger partial charge in [-0.05, 0) is 45.6 Å². The predicted molar refractivity (Wildman–Crippen MR) is 102 cm³/mol. The zero-order valence-electron chi connectivity index (χ0n) is 16.3. The van der Waals surface area contributed by atoms with Crippen LogP contribution < -0.4 is 0 Å². The van der Waals surface area contributed by atoms with E-state index in [0.29, 0.717) is 19.5 Å². The molecule has 1 aliphatic carbocycles. The highest BCUT2D eigenvalue weighted by molar-refractivity contribution is 5.84. The maximum absolute atomic E-state index is 12.4. The summed E-state index contributed by atoms with van der Waals surface area (Å²) in [6.07, 6.45) is 4.18. The number of ether oxygens (including phenoxy) is 2. The Kier molecular flexibility index (Phi) is 6.11. The van der Waals surface area contributed by atoms with Gasteiger partial charge in [-0.1, -0.05) is 42.5 Å². The van der Waals surface area contributed by atoms with Gasteiger partial charge in [0.15, 0.2) is 0 Å². The maximum Gasteiger partial charge on any atom is 0.410 e. The number of carbonyl (C=O) groups is 2. The van der Waals surface area contributed by atoms with E-state index in [1.807, 2.05) is 70.2 Å². The van der Waals surface area contributed by atoms with Crippen LogP contribution in [-0.2, 0) is 14.3 Å². The molecule has 1 fully saturated rings. The van der Waals surface area contributed by atoms with Gasteiger partial charge in [0.25, 0.3) is 0 Å². The molecular weight excluding hydrogens is 330 g/mol. The van der Waals surface area contributed by atoms with E-state index in [-0.39, 0.29) is 18.0 Å². The largest absolute Gasteiger partial charge is 0.468 e.